The van der Waals surface area contributed by atoms with E-state index in [2.05, 4.69) is 55.5 Å². The number of sulfone groups is 1. The van der Waals surface area contributed by atoms with E-state index >= 15 is 0 Å². The molecule has 0 unspecified atom stereocenters. The minimum absolute atomic E-state index is 0.315. The van der Waals surface area contributed by atoms with Gasteiger partial charge in [0.05, 0.1) is 10.6 Å². The van der Waals surface area contributed by atoms with Crippen LogP contribution in [0.2, 0.25) is 0 Å². The second kappa shape index (κ2) is 5.98. The zero-order valence-corrected chi connectivity index (χ0v) is 15.2. The van der Waals surface area contributed by atoms with E-state index in [-0.39, 0.29) is 0 Å². The van der Waals surface area contributed by atoms with Gasteiger partial charge in [0.25, 0.3) is 0 Å². The molecule has 0 saturated carbocycles. The van der Waals surface area contributed by atoms with Gasteiger partial charge >= 0.3 is 0 Å². The molecule has 2 aromatic rings. The molecule has 1 N–H and O–H groups in total. The molecule has 0 saturated heterocycles. The first-order valence-corrected chi connectivity index (χ1v) is 9.83. The molecule has 0 aliphatic carbocycles. The average Bonchev–Trinajstić information content (AvgIpc) is 2.53. The molecule has 5 heteroatoms. The Hall–Kier alpha value is -2.27. The van der Waals surface area contributed by atoms with Crippen LogP contribution in [0.4, 0.5) is 5.69 Å². The van der Waals surface area contributed by atoms with E-state index < -0.39 is 9.84 Å². The highest BCUT2D eigenvalue weighted by Crippen LogP contribution is 2.32. The van der Waals surface area contributed by atoms with Crippen LogP contribution in [0.15, 0.2) is 53.1 Å². The van der Waals surface area contributed by atoms with Gasteiger partial charge in [0.1, 0.15) is 0 Å². The number of allylic oxidation sites excluding steroid dienone is 1. The van der Waals surface area contributed by atoms with Crippen LogP contribution in [0.3, 0.4) is 0 Å². The summed E-state index contributed by atoms with van der Waals surface area (Å²) in [4.78, 5) is 0.341. The lowest BCUT2D eigenvalue weighted by Crippen LogP contribution is -2.44. The maximum atomic E-state index is 11.6. The largest absolute Gasteiger partial charge is 0.303 e. The van der Waals surface area contributed by atoms with Gasteiger partial charge in [0.15, 0.2) is 9.84 Å². The summed E-state index contributed by atoms with van der Waals surface area (Å²) in [5, 5.41) is 2.15. The van der Waals surface area contributed by atoms with Gasteiger partial charge in [0, 0.05) is 23.6 Å². The number of nitrogens with one attached hydrogen (secondary N) is 1. The first kappa shape index (κ1) is 16.6. The first-order chi connectivity index (χ1) is 11.3. The van der Waals surface area contributed by atoms with Crippen molar-refractivity contribution in [2.45, 2.75) is 31.7 Å². The van der Waals surface area contributed by atoms with Crippen molar-refractivity contribution in [3.05, 3.63) is 53.7 Å². The molecule has 1 aliphatic rings. The molecule has 1 aliphatic heterocycles. The maximum absolute atomic E-state index is 11.6. The van der Waals surface area contributed by atoms with Gasteiger partial charge in [0.2, 0.25) is 0 Å². The second-order valence-corrected chi connectivity index (χ2v) is 8.49. The quantitative estimate of drug-likeness (QED) is 0.920. The third-order valence-corrected chi connectivity index (χ3v) is 5.22. The van der Waals surface area contributed by atoms with Crippen LogP contribution in [0.1, 0.15) is 26.3 Å². The molecule has 0 amide bonds. The number of nitrogens with zero attached hydrogens (tertiary/aromatic N) is 1. The van der Waals surface area contributed by atoms with Crippen LogP contribution in [0.25, 0.3) is 17.2 Å². The van der Waals surface area contributed by atoms with Crippen LogP contribution >= 0.6 is 0 Å². The SMILES string of the molecule is CC1=Cc2ccc(-c3ccc(S(C)(=O)=O)cc3)cc2N(C(C)C)N1. The number of hydrogen-bond donors (Lipinski definition) is 1. The summed E-state index contributed by atoms with van der Waals surface area (Å²) in [6.07, 6.45) is 3.35. The Morgan fingerprint density at radius 2 is 1.62 bits per heavy atom. The van der Waals surface area contributed by atoms with Crippen LogP contribution < -0.4 is 10.4 Å². The molecule has 0 atom stereocenters. The summed E-state index contributed by atoms with van der Waals surface area (Å²) >= 11 is 0. The Morgan fingerprint density at radius 3 is 2.21 bits per heavy atom. The standard InChI is InChI=1S/C19H22N2O2S/c1-13(2)21-19-12-16(5-6-17(19)11-14(3)20-21)15-7-9-18(10-8-15)24(4,22)23/h5-13,20H,1-4H3. The summed E-state index contributed by atoms with van der Waals surface area (Å²) in [6.45, 7) is 6.34. The molecule has 0 bridgehead atoms. The lowest BCUT2D eigenvalue weighted by Gasteiger charge is -2.35. The number of fused-ring (bicyclic) bond motifs is 1. The number of benzene rings is 2. The van der Waals surface area contributed by atoms with Crippen LogP contribution in [-0.4, -0.2) is 20.7 Å². The number of hydrogen-bond acceptors (Lipinski definition) is 4. The summed E-state index contributed by atoms with van der Waals surface area (Å²) in [7, 11) is -3.17. The number of hydrazine groups is 1. The molecule has 0 spiro atoms. The topological polar surface area (TPSA) is 49.4 Å². The molecular formula is C19H22N2O2S. The van der Waals surface area contributed by atoms with E-state index in [0.29, 0.717) is 10.9 Å². The molecule has 0 aromatic heterocycles. The van der Waals surface area contributed by atoms with Crippen LogP contribution in [0, 0.1) is 0 Å². The third kappa shape index (κ3) is 3.17. The van der Waals surface area contributed by atoms with E-state index in [1.54, 1.807) is 12.1 Å². The summed E-state index contributed by atoms with van der Waals surface area (Å²) in [6, 6.07) is 13.7. The Kier molecular flexibility index (Phi) is 4.13. The fourth-order valence-electron chi connectivity index (χ4n) is 2.87. The predicted molar refractivity (Wildman–Crippen MR) is 99.4 cm³/mol. The third-order valence-electron chi connectivity index (χ3n) is 4.09. The fourth-order valence-corrected chi connectivity index (χ4v) is 3.50. The number of rotatable bonds is 3. The van der Waals surface area contributed by atoms with Crippen molar-refractivity contribution in [1.82, 2.24) is 5.43 Å². The van der Waals surface area contributed by atoms with Gasteiger partial charge in [-0.15, -0.1) is 0 Å². The highest BCUT2D eigenvalue weighted by atomic mass is 32.2. The van der Waals surface area contributed by atoms with Crippen LogP contribution in [0.5, 0.6) is 0 Å². The molecule has 2 aromatic carbocycles. The average molecular weight is 342 g/mol. The van der Waals surface area contributed by atoms with E-state index in [9.17, 15) is 8.42 Å². The zero-order valence-electron chi connectivity index (χ0n) is 14.4. The van der Waals surface area contributed by atoms with Gasteiger partial charge < -0.3 is 5.43 Å². The van der Waals surface area contributed by atoms with Gasteiger partial charge in [-0.05, 0) is 56.2 Å². The lowest BCUT2D eigenvalue weighted by atomic mass is 10.0. The van der Waals surface area contributed by atoms with E-state index in [1.807, 2.05) is 12.1 Å². The van der Waals surface area contributed by atoms with Gasteiger partial charge in [-0.3, -0.25) is 5.01 Å². The summed E-state index contributed by atoms with van der Waals surface area (Å²) in [5.74, 6) is 0. The van der Waals surface area contributed by atoms with Crippen molar-refractivity contribution in [1.29, 1.82) is 0 Å². The highest BCUT2D eigenvalue weighted by molar-refractivity contribution is 7.90. The molecule has 24 heavy (non-hydrogen) atoms. The van der Waals surface area contributed by atoms with Crippen molar-refractivity contribution in [2.75, 3.05) is 11.3 Å². The molecule has 4 nitrogen and oxygen atoms in total. The van der Waals surface area contributed by atoms with Crippen molar-refractivity contribution < 1.29 is 8.42 Å². The molecular weight excluding hydrogens is 320 g/mol. The van der Waals surface area contributed by atoms with Gasteiger partial charge in [-0.2, -0.15) is 0 Å². The first-order valence-electron chi connectivity index (χ1n) is 7.94. The fraction of sp³-hybridized carbons (Fsp3) is 0.263. The monoisotopic (exact) mass is 342 g/mol. The van der Waals surface area contributed by atoms with Crippen molar-refractivity contribution >= 4 is 21.6 Å². The summed E-state index contributed by atoms with van der Waals surface area (Å²) < 4.78 is 23.2. The van der Waals surface area contributed by atoms with Crippen molar-refractivity contribution in [3.63, 3.8) is 0 Å². The molecule has 126 valence electrons. The Bertz CT molecular complexity index is 897. The van der Waals surface area contributed by atoms with E-state index in [4.69, 9.17) is 0 Å². The maximum Gasteiger partial charge on any atom is 0.175 e. The number of anilines is 1. The lowest BCUT2D eigenvalue weighted by molar-refractivity contribution is 0.602. The molecule has 0 radical (unpaired) electrons. The molecule has 1 heterocycles. The smallest absolute Gasteiger partial charge is 0.175 e. The molecule has 3 rings (SSSR count). The predicted octanol–water partition coefficient (Wildman–Crippen LogP) is 3.85. The van der Waals surface area contributed by atoms with Gasteiger partial charge in [-0.1, -0.05) is 24.3 Å². The second-order valence-electron chi connectivity index (χ2n) is 6.47. The van der Waals surface area contributed by atoms with Gasteiger partial charge in [-0.25, -0.2) is 8.42 Å². The summed E-state index contributed by atoms with van der Waals surface area (Å²) in [5.41, 5.74) is 8.87. The minimum Gasteiger partial charge on any atom is -0.303 e. The Balaban J connectivity index is 2.04. The Morgan fingerprint density at radius 1 is 1.00 bits per heavy atom. The minimum atomic E-state index is -3.17. The van der Waals surface area contributed by atoms with E-state index in [1.165, 1.54) is 11.8 Å². The Labute approximate surface area is 143 Å². The van der Waals surface area contributed by atoms with Crippen molar-refractivity contribution in [3.8, 4) is 11.1 Å². The van der Waals surface area contributed by atoms with Crippen LogP contribution in [-0.2, 0) is 9.84 Å². The normalized spacial score (nSPS) is 14.2. The van der Waals surface area contributed by atoms with Crippen molar-refractivity contribution in [2.24, 2.45) is 0 Å². The highest BCUT2D eigenvalue weighted by Gasteiger charge is 2.19. The zero-order chi connectivity index (χ0) is 17.5. The van der Waals surface area contributed by atoms with E-state index in [0.717, 1.165) is 22.5 Å². The molecule has 0 fully saturated rings.